The lowest BCUT2D eigenvalue weighted by Crippen LogP contribution is -2.33. The van der Waals surface area contributed by atoms with Crippen LogP contribution in [0, 0.1) is 0 Å². The van der Waals surface area contributed by atoms with E-state index in [2.05, 4.69) is 52.4 Å². The topological polar surface area (TPSA) is 60.0 Å². The molecule has 0 spiro atoms. The molecule has 0 amide bonds. The Bertz CT molecular complexity index is 961. The van der Waals surface area contributed by atoms with E-state index in [-0.39, 0.29) is 0 Å². The molecule has 0 fully saturated rings. The Morgan fingerprint density at radius 2 is 2.10 bits per heavy atom. The fraction of sp³-hybridized carbons (Fsp3) is 0.417. The van der Waals surface area contributed by atoms with Gasteiger partial charge in [0.1, 0.15) is 5.82 Å². The second kappa shape index (κ2) is 9.33. The number of unbranched alkanes of at least 4 members (excludes halogenated alkanes) is 1. The molecule has 2 aromatic heterocycles. The minimum Gasteiger partial charge on any atom is -0.330 e. The van der Waals surface area contributed by atoms with Crippen LogP contribution in [-0.2, 0) is 19.5 Å². The predicted molar refractivity (Wildman–Crippen MR) is 119 cm³/mol. The van der Waals surface area contributed by atoms with Crippen molar-refractivity contribution >= 4 is 11.0 Å². The first-order chi connectivity index (χ1) is 14.3. The molecule has 0 saturated heterocycles. The first-order valence-electron chi connectivity index (χ1n) is 10.7. The van der Waals surface area contributed by atoms with Crippen LogP contribution in [-0.4, -0.2) is 32.5 Å². The monoisotopic (exact) mass is 389 g/mol. The van der Waals surface area contributed by atoms with E-state index < -0.39 is 0 Å². The summed E-state index contributed by atoms with van der Waals surface area (Å²) in [5, 5.41) is 0. The maximum Gasteiger partial charge on any atom is 0.124 e. The number of aryl methyl sites for hydroxylation is 1. The van der Waals surface area contributed by atoms with E-state index in [9.17, 15) is 0 Å². The van der Waals surface area contributed by atoms with E-state index in [0.29, 0.717) is 6.04 Å². The third-order valence-corrected chi connectivity index (χ3v) is 5.90. The minimum atomic E-state index is 0.342. The Balaban J connectivity index is 1.67. The number of nitrogens with zero attached hydrogens (tertiary/aromatic N) is 4. The van der Waals surface area contributed by atoms with Crippen molar-refractivity contribution in [1.82, 2.24) is 19.4 Å². The number of imidazole rings is 1. The number of benzene rings is 1. The molecule has 2 heterocycles. The Morgan fingerprint density at radius 3 is 2.97 bits per heavy atom. The van der Waals surface area contributed by atoms with Gasteiger partial charge in [0.2, 0.25) is 0 Å². The molecule has 1 aliphatic rings. The van der Waals surface area contributed by atoms with Gasteiger partial charge in [-0.2, -0.15) is 0 Å². The van der Waals surface area contributed by atoms with E-state index in [1.807, 2.05) is 12.3 Å². The standard InChI is InChI=1S/C24H31N5/c1-2-16-29-21-12-4-3-11-20(21)27-23(29)18-28(17-6-5-14-25)22-13-7-9-19-10-8-15-26-24(19)22/h2-4,8,10-12,15,22H,1,5-7,9,13-14,16-18,25H2. The lowest BCUT2D eigenvalue weighted by atomic mass is 9.90. The van der Waals surface area contributed by atoms with Crippen molar-refractivity contribution in [2.24, 2.45) is 5.73 Å². The number of rotatable bonds is 9. The van der Waals surface area contributed by atoms with Gasteiger partial charge < -0.3 is 10.3 Å². The number of hydrogen-bond donors (Lipinski definition) is 1. The maximum absolute atomic E-state index is 5.78. The molecule has 3 aromatic rings. The van der Waals surface area contributed by atoms with Gasteiger partial charge in [0.05, 0.1) is 29.3 Å². The van der Waals surface area contributed by atoms with Crippen molar-refractivity contribution in [2.75, 3.05) is 13.1 Å². The maximum atomic E-state index is 5.78. The number of pyridine rings is 1. The molecule has 5 heteroatoms. The highest BCUT2D eigenvalue weighted by Crippen LogP contribution is 2.34. The second-order valence-electron chi connectivity index (χ2n) is 7.84. The zero-order chi connectivity index (χ0) is 20.1. The smallest absolute Gasteiger partial charge is 0.124 e. The third-order valence-electron chi connectivity index (χ3n) is 5.90. The van der Waals surface area contributed by atoms with Gasteiger partial charge in [0.25, 0.3) is 0 Å². The lowest BCUT2D eigenvalue weighted by Gasteiger charge is -2.35. The van der Waals surface area contributed by atoms with Crippen LogP contribution in [0.5, 0.6) is 0 Å². The molecule has 1 aromatic carbocycles. The first-order valence-corrected chi connectivity index (χ1v) is 10.7. The number of aromatic nitrogens is 3. The quantitative estimate of drug-likeness (QED) is 0.439. The molecule has 29 heavy (non-hydrogen) atoms. The van der Waals surface area contributed by atoms with Gasteiger partial charge in [0.15, 0.2) is 0 Å². The molecule has 2 N–H and O–H groups in total. The number of allylic oxidation sites excluding steroid dienone is 1. The predicted octanol–water partition coefficient (Wildman–Crippen LogP) is 4.24. The Hall–Kier alpha value is -2.50. The van der Waals surface area contributed by atoms with Crippen molar-refractivity contribution in [3.8, 4) is 0 Å². The molecule has 1 atom stereocenters. The van der Waals surface area contributed by atoms with E-state index >= 15 is 0 Å². The molecular weight excluding hydrogens is 358 g/mol. The van der Waals surface area contributed by atoms with Crippen LogP contribution in [0.4, 0.5) is 0 Å². The molecule has 1 aliphatic carbocycles. The fourth-order valence-electron chi connectivity index (χ4n) is 4.51. The molecule has 4 rings (SSSR count). The minimum absolute atomic E-state index is 0.342. The van der Waals surface area contributed by atoms with Crippen LogP contribution < -0.4 is 5.73 Å². The van der Waals surface area contributed by atoms with Crippen molar-refractivity contribution in [3.05, 3.63) is 72.3 Å². The largest absolute Gasteiger partial charge is 0.330 e. The van der Waals surface area contributed by atoms with Gasteiger partial charge >= 0.3 is 0 Å². The fourth-order valence-corrected chi connectivity index (χ4v) is 4.51. The summed E-state index contributed by atoms with van der Waals surface area (Å²) in [4.78, 5) is 12.3. The van der Waals surface area contributed by atoms with Crippen LogP contribution in [0.2, 0.25) is 0 Å². The van der Waals surface area contributed by atoms with Crippen molar-refractivity contribution in [2.45, 2.75) is 51.2 Å². The highest BCUT2D eigenvalue weighted by Gasteiger charge is 2.28. The summed E-state index contributed by atoms with van der Waals surface area (Å²) < 4.78 is 2.29. The molecule has 5 nitrogen and oxygen atoms in total. The van der Waals surface area contributed by atoms with Crippen molar-refractivity contribution in [3.63, 3.8) is 0 Å². The zero-order valence-electron chi connectivity index (χ0n) is 17.1. The van der Waals surface area contributed by atoms with Crippen molar-refractivity contribution < 1.29 is 0 Å². The van der Waals surface area contributed by atoms with Crippen LogP contribution in [0.25, 0.3) is 11.0 Å². The summed E-state index contributed by atoms with van der Waals surface area (Å²) in [7, 11) is 0. The SMILES string of the molecule is C=CCn1c(CN(CCCCN)C2CCCc3cccnc32)nc2ccccc21. The number of para-hydroxylation sites is 2. The summed E-state index contributed by atoms with van der Waals surface area (Å²) in [6.07, 6.45) is 9.51. The molecule has 152 valence electrons. The second-order valence-corrected chi connectivity index (χ2v) is 7.84. The normalized spacial score (nSPS) is 16.3. The molecule has 0 radical (unpaired) electrons. The van der Waals surface area contributed by atoms with Crippen LogP contribution >= 0.6 is 0 Å². The van der Waals surface area contributed by atoms with Gasteiger partial charge in [-0.25, -0.2) is 4.98 Å². The summed E-state index contributed by atoms with van der Waals surface area (Å²) in [6, 6.07) is 13.0. The Kier molecular flexibility index (Phi) is 6.37. The summed E-state index contributed by atoms with van der Waals surface area (Å²) in [5.41, 5.74) is 10.6. The zero-order valence-corrected chi connectivity index (χ0v) is 17.1. The summed E-state index contributed by atoms with van der Waals surface area (Å²) in [6.45, 7) is 7.29. The van der Waals surface area contributed by atoms with E-state index in [0.717, 1.165) is 63.2 Å². The number of fused-ring (bicyclic) bond motifs is 2. The Labute approximate surface area is 173 Å². The number of hydrogen-bond acceptors (Lipinski definition) is 4. The highest BCUT2D eigenvalue weighted by molar-refractivity contribution is 5.75. The molecule has 0 aliphatic heterocycles. The van der Waals surface area contributed by atoms with Crippen LogP contribution in [0.15, 0.2) is 55.3 Å². The van der Waals surface area contributed by atoms with Gasteiger partial charge in [-0.1, -0.05) is 24.3 Å². The first kappa shape index (κ1) is 19.8. The summed E-state index contributed by atoms with van der Waals surface area (Å²) in [5.74, 6) is 1.10. The van der Waals surface area contributed by atoms with Gasteiger partial charge in [0, 0.05) is 12.7 Å². The van der Waals surface area contributed by atoms with E-state index in [4.69, 9.17) is 15.7 Å². The third kappa shape index (κ3) is 4.26. The van der Waals surface area contributed by atoms with Crippen LogP contribution in [0.3, 0.4) is 0 Å². The van der Waals surface area contributed by atoms with Gasteiger partial charge in [-0.05, 0) is 69.0 Å². The average Bonchev–Trinajstić information content (AvgIpc) is 3.10. The molecular formula is C24H31N5. The lowest BCUT2D eigenvalue weighted by molar-refractivity contribution is 0.157. The van der Waals surface area contributed by atoms with Crippen molar-refractivity contribution in [1.29, 1.82) is 0 Å². The van der Waals surface area contributed by atoms with E-state index in [1.54, 1.807) is 0 Å². The molecule has 1 unspecified atom stereocenters. The molecule has 0 bridgehead atoms. The number of nitrogens with two attached hydrogens (primary N) is 1. The molecule has 0 saturated carbocycles. The highest BCUT2D eigenvalue weighted by atomic mass is 15.2. The van der Waals surface area contributed by atoms with E-state index in [1.165, 1.54) is 23.2 Å². The van der Waals surface area contributed by atoms with Gasteiger partial charge in [-0.3, -0.25) is 9.88 Å². The average molecular weight is 390 g/mol. The Morgan fingerprint density at radius 1 is 1.21 bits per heavy atom. The summed E-state index contributed by atoms with van der Waals surface area (Å²) >= 11 is 0. The van der Waals surface area contributed by atoms with Crippen LogP contribution in [0.1, 0.15) is 48.8 Å². The van der Waals surface area contributed by atoms with Gasteiger partial charge in [-0.15, -0.1) is 6.58 Å².